The van der Waals surface area contributed by atoms with Crippen molar-refractivity contribution in [2.24, 2.45) is 0 Å². The summed E-state index contributed by atoms with van der Waals surface area (Å²) in [5, 5.41) is 0. The van der Waals surface area contributed by atoms with Gasteiger partial charge < -0.3 is 4.74 Å². The predicted molar refractivity (Wildman–Crippen MR) is 57.0 cm³/mol. The monoisotopic (exact) mass is 246 g/mol. The summed E-state index contributed by atoms with van der Waals surface area (Å²) in [7, 11) is 0. The number of halogens is 3. The zero-order chi connectivity index (χ0) is 12.9. The molecule has 0 aliphatic carbocycles. The largest absolute Gasteiger partial charge is 0.411 e. The van der Waals surface area contributed by atoms with Gasteiger partial charge in [0.15, 0.2) is 5.78 Å². The summed E-state index contributed by atoms with van der Waals surface area (Å²) in [6.45, 7) is 0.0278. The van der Waals surface area contributed by atoms with Gasteiger partial charge in [0.05, 0.1) is 0 Å². The van der Waals surface area contributed by atoms with Crippen LogP contribution in [-0.4, -0.2) is 25.2 Å². The summed E-state index contributed by atoms with van der Waals surface area (Å²) in [4.78, 5) is 11.4. The first kappa shape index (κ1) is 13.7. The van der Waals surface area contributed by atoms with E-state index in [-0.39, 0.29) is 0 Å². The second kappa shape index (κ2) is 5.82. The van der Waals surface area contributed by atoms with Gasteiger partial charge in [-0.15, -0.1) is 0 Å². The van der Waals surface area contributed by atoms with Crippen molar-refractivity contribution in [3.8, 4) is 0 Å². The summed E-state index contributed by atoms with van der Waals surface area (Å²) in [6, 6.07) is 6.74. The first-order valence-electron chi connectivity index (χ1n) is 5.19. The third kappa shape index (κ3) is 4.99. The van der Waals surface area contributed by atoms with E-state index >= 15 is 0 Å². The Hall–Kier alpha value is -1.36. The lowest BCUT2D eigenvalue weighted by atomic mass is 10.1. The number of hydrogen-bond donors (Lipinski definition) is 0. The van der Waals surface area contributed by atoms with Crippen LogP contribution in [-0.2, 0) is 11.2 Å². The lowest BCUT2D eigenvalue weighted by Gasteiger charge is -2.07. The molecule has 0 saturated heterocycles. The van der Waals surface area contributed by atoms with Crippen LogP contribution in [0.4, 0.5) is 13.2 Å². The summed E-state index contributed by atoms with van der Waals surface area (Å²) < 4.78 is 39.6. The molecule has 0 fully saturated rings. The lowest BCUT2D eigenvalue weighted by Crippen LogP contribution is -2.20. The molecule has 0 aliphatic heterocycles. The van der Waals surface area contributed by atoms with Crippen LogP contribution >= 0.6 is 0 Å². The highest BCUT2D eigenvalue weighted by Crippen LogP contribution is 2.14. The third-order valence-corrected chi connectivity index (χ3v) is 2.18. The minimum absolute atomic E-state index is 0.365. The molecule has 0 unspecified atom stereocenters. The van der Waals surface area contributed by atoms with Crippen LogP contribution in [0, 0.1) is 0 Å². The van der Waals surface area contributed by atoms with Crippen LogP contribution in [0.1, 0.15) is 22.8 Å². The molecule has 0 aromatic heterocycles. The van der Waals surface area contributed by atoms with Gasteiger partial charge in [0.25, 0.3) is 0 Å². The summed E-state index contributed by atoms with van der Waals surface area (Å²) in [5.74, 6) is -0.447. The van der Waals surface area contributed by atoms with Gasteiger partial charge in [-0.1, -0.05) is 31.2 Å². The highest BCUT2D eigenvalue weighted by atomic mass is 19.4. The van der Waals surface area contributed by atoms with Crippen molar-refractivity contribution in [2.45, 2.75) is 19.5 Å². The topological polar surface area (TPSA) is 26.3 Å². The Morgan fingerprint density at radius 1 is 1.24 bits per heavy atom. The number of Topliss-reactive ketones (excluding diaryl/α,β-unsaturated/α-hetero) is 1. The first-order valence-corrected chi connectivity index (χ1v) is 5.19. The predicted octanol–water partition coefficient (Wildman–Crippen LogP) is 3.01. The normalized spacial score (nSPS) is 11.5. The Labute approximate surface area is 97.4 Å². The highest BCUT2D eigenvalue weighted by molar-refractivity contribution is 5.97. The second-order valence-electron chi connectivity index (χ2n) is 3.58. The van der Waals surface area contributed by atoms with E-state index in [1.807, 2.05) is 6.92 Å². The molecule has 0 atom stereocenters. The van der Waals surface area contributed by atoms with Crippen molar-refractivity contribution in [3.05, 3.63) is 35.4 Å². The molecule has 1 aromatic rings. The molecule has 0 heterocycles. The van der Waals surface area contributed by atoms with E-state index in [4.69, 9.17) is 0 Å². The summed E-state index contributed by atoms with van der Waals surface area (Å²) >= 11 is 0. The van der Waals surface area contributed by atoms with Gasteiger partial charge >= 0.3 is 6.18 Å². The summed E-state index contributed by atoms with van der Waals surface area (Å²) in [6.07, 6.45) is -3.55. The molecule has 94 valence electrons. The Balaban J connectivity index is 2.47. The molecule has 5 heteroatoms. The maximum Gasteiger partial charge on any atom is 0.411 e. The second-order valence-corrected chi connectivity index (χ2v) is 3.58. The van der Waals surface area contributed by atoms with Crippen LogP contribution in [0.15, 0.2) is 24.3 Å². The molecule has 0 spiro atoms. The fourth-order valence-electron chi connectivity index (χ4n) is 1.27. The fourth-order valence-corrected chi connectivity index (χ4v) is 1.27. The molecule has 17 heavy (non-hydrogen) atoms. The number of ether oxygens (including phenoxy) is 1. The Bertz CT molecular complexity index is 368. The van der Waals surface area contributed by atoms with Crippen LogP contribution in [0.3, 0.4) is 0 Å². The van der Waals surface area contributed by atoms with E-state index in [1.54, 1.807) is 24.3 Å². The van der Waals surface area contributed by atoms with Gasteiger partial charge in [0.2, 0.25) is 0 Å². The van der Waals surface area contributed by atoms with Gasteiger partial charge in [0.1, 0.15) is 13.2 Å². The number of carbonyl (C=O) groups is 1. The van der Waals surface area contributed by atoms with Gasteiger partial charge in [-0.3, -0.25) is 4.79 Å². The maximum absolute atomic E-state index is 11.8. The van der Waals surface area contributed by atoms with E-state index in [9.17, 15) is 18.0 Å². The molecular weight excluding hydrogens is 233 g/mol. The molecule has 0 bridgehead atoms. The van der Waals surface area contributed by atoms with Gasteiger partial charge in [-0.05, 0) is 12.0 Å². The van der Waals surface area contributed by atoms with E-state index < -0.39 is 25.2 Å². The van der Waals surface area contributed by atoms with Crippen molar-refractivity contribution in [1.29, 1.82) is 0 Å². The minimum Gasteiger partial charge on any atom is -0.364 e. The first-order chi connectivity index (χ1) is 7.92. The molecular formula is C12H13F3O2. The Kier molecular flexibility index (Phi) is 4.69. The average Bonchev–Trinajstić information content (AvgIpc) is 2.27. The Morgan fingerprint density at radius 2 is 1.82 bits per heavy atom. The zero-order valence-corrected chi connectivity index (χ0v) is 9.38. The van der Waals surface area contributed by atoms with E-state index in [2.05, 4.69) is 4.74 Å². The van der Waals surface area contributed by atoms with Crippen LogP contribution in [0.2, 0.25) is 0 Å². The molecule has 0 amide bonds. The molecule has 0 radical (unpaired) electrons. The molecule has 2 nitrogen and oxygen atoms in total. The zero-order valence-electron chi connectivity index (χ0n) is 9.38. The van der Waals surface area contributed by atoms with Crippen molar-refractivity contribution in [1.82, 2.24) is 0 Å². The number of ketones is 1. The van der Waals surface area contributed by atoms with E-state index in [0.717, 1.165) is 12.0 Å². The van der Waals surface area contributed by atoms with Crippen LogP contribution < -0.4 is 0 Å². The van der Waals surface area contributed by atoms with Crippen molar-refractivity contribution >= 4 is 5.78 Å². The third-order valence-electron chi connectivity index (χ3n) is 2.18. The SMILES string of the molecule is CCc1ccc(C(=O)COCC(F)(F)F)cc1. The number of benzene rings is 1. The highest BCUT2D eigenvalue weighted by Gasteiger charge is 2.27. The average molecular weight is 246 g/mol. The maximum atomic E-state index is 11.8. The molecule has 0 N–H and O–H groups in total. The van der Waals surface area contributed by atoms with E-state index in [0.29, 0.717) is 5.56 Å². The summed E-state index contributed by atoms with van der Waals surface area (Å²) in [5.41, 5.74) is 1.43. The fraction of sp³-hybridized carbons (Fsp3) is 0.417. The van der Waals surface area contributed by atoms with Crippen molar-refractivity contribution in [3.63, 3.8) is 0 Å². The number of carbonyl (C=O) groups excluding carboxylic acids is 1. The quantitative estimate of drug-likeness (QED) is 0.746. The number of rotatable bonds is 5. The molecule has 0 saturated carbocycles. The molecule has 1 rings (SSSR count). The number of hydrogen-bond acceptors (Lipinski definition) is 2. The van der Waals surface area contributed by atoms with Gasteiger partial charge in [0, 0.05) is 5.56 Å². The number of alkyl halides is 3. The van der Waals surface area contributed by atoms with Gasteiger partial charge in [-0.2, -0.15) is 13.2 Å². The Morgan fingerprint density at radius 3 is 2.29 bits per heavy atom. The van der Waals surface area contributed by atoms with Crippen LogP contribution in [0.5, 0.6) is 0 Å². The molecule has 0 aliphatic rings. The van der Waals surface area contributed by atoms with E-state index in [1.165, 1.54) is 0 Å². The van der Waals surface area contributed by atoms with Crippen molar-refractivity contribution < 1.29 is 22.7 Å². The smallest absolute Gasteiger partial charge is 0.364 e. The van der Waals surface area contributed by atoms with Gasteiger partial charge in [-0.25, -0.2) is 0 Å². The minimum atomic E-state index is -4.40. The molecule has 1 aromatic carbocycles. The van der Waals surface area contributed by atoms with Crippen molar-refractivity contribution in [2.75, 3.05) is 13.2 Å². The van der Waals surface area contributed by atoms with Crippen LogP contribution in [0.25, 0.3) is 0 Å². The standard InChI is InChI=1S/C12H13F3O2/c1-2-9-3-5-10(6-4-9)11(16)7-17-8-12(13,14)15/h3-6H,2,7-8H2,1H3. The lowest BCUT2D eigenvalue weighted by molar-refractivity contribution is -0.170. The number of aryl methyl sites for hydroxylation is 1.